The van der Waals surface area contributed by atoms with Crippen LogP contribution >= 0.6 is 11.6 Å². The molecule has 0 saturated carbocycles. The third-order valence-electron chi connectivity index (χ3n) is 3.82. The molecule has 1 N–H and O–H groups in total. The van der Waals surface area contributed by atoms with Gasteiger partial charge in [0.25, 0.3) is 5.91 Å². The molecule has 0 spiro atoms. The fourth-order valence-corrected chi connectivity index (χ4v) is 2.76. The van der Waals surface area contributed by atoms with E-state index in [0.717, 1.165) is 25.2 Å². The number of halogens is 2. The second kappa shape index (κ2) is 6.36. The number of carbonyl (C=O) groups is 1. The van der Waals surface area contributed by atoms with Crippen molar-refractivity contribution in [3.63, 3.8) is 0 Å². The van der Waals surface area contributed by atoms with E-state index in [1.807, 2.05) is 0 Å². The summed E-state index contributed by atoms with van der Waals surface area (Å²) in [6.45, 7) is 1.57. The number of amides is 1. The minimum atomic E-state index is -0.240. The van der Waals surface area contributed by atoms with Crippen molar-refractivity contribution in [2.24, 2.45) is 0 Å². The van der Waals surface area contributed by atoms with E-state index < -0.39 is 0 Å². The van der Waals surface area contributed by atoms with E-state index in [1.165, 1.54) is 12.1 Å². The van der Waals surface area contributed by atoms with E-state index in [1.54, 1.807) is 36.4 Å². The SMILES string of the molecule is O=C(NC1CCN(c2ccc(F)cc2)C1)c1ccc(Cl)cc1. The highest BCUT2D eigenvalue weighted by molar-refractivity contribution is 6.30. The molecule has 0 aliphatic carbocycles. The lowest BCUT2D eigenvalue weighted by Gasteiger charge is -2.19. The monoisotopic (exact) mass is 318 g/mol. The van der Waals surface area contributed by atoms with E-state index in [-0.39, 0.29) is 17.8 Å². The molecule has 22 heavy (non-hydrogen) atoms. The number of rotatable bonds is 3. The van der Waals surface area contributed by atoms with Crippen LogP contribution in [0.3, 0.4) is 0 Å². The van der Waals surface area contributed by atoms with Gasteiger partial charge >= 0.3 is 0 Å². The molecule has 1 unspecified atom stereocenters. The van der Waals surface area contributed by atoms with E-state index in [0.29, 0.717) is 10.6 Å². The Morgan fingerprint density at radius 3 is 2.50 bits per heavy atom. The van der Waals surface area contributed by atoms with Gasteiger partial charge in [-0.25, -0.2) is 4.39 Å². The normalized spacial score (nSPS) is 17.5. The Hall–Kier alpha value is -2.07. The van der Waals surface area contributed by atoms with Crippen LogP contribution in [-0.4, -0.2) is 25.0 Å². The number of carbonyl (C=O) groups excluding carboxylic acids is 1. The smallest absolute Gasteiger partial charge is 0.251 e. The molecule has 0 bridgehead atoms. The summed E-state index contributed by atoms with van der Waals surface area (Å²) < 4.78 is 13.0. The minimum Gasteiger partial charge on any atom is -0.369 e. The van der Waals surface area contributed by atoms with Crippen molar-refractivity contribution in [3.8, 4) is 0 Å². The van der Waals surface area contributed by atoms with E-state index in [4.69, 9.17) is 11.6 Å². The summed E-state index contributed by atoms with van der Waals surface area (Å²) >= 11 is 5.82. The molecule has 0 aromatic heterocycles. The maximum Gasteiger partial charge on any atom is 0.251 e. The zero-order valence-electron chi connectivity index (χ0n) is 11.9. The van der Waals surface area contributed by atoms with Crippen LogP contribution in [0.25, 0.3) is 0 Å². The van der Waals surface area contributed by atoms with E-state index >= 15 is 0 Å². The first-order chi connectivity index (χ1) is 10.6. The van der Waals surface area contributed by atoms with Crippen molar-refractivity contribution < 1.29 is 9.18 Å². The summed E-state index contributed by atoms with van der Waals surface area (Å²) in [6, 6.07) is 13.4. The third-order valence-corrected chi connectivity index (χ3v) is 4.07. The number of hydrogen-bond donors (Lipinski definition) is 1. The second-order valence-electron chi connectivity index (χ2n) is 5.39. The number of nitrogens with one attached hydrogen (secondary N) is 1. The first-order valence-electron chi connectivity index (χ1n) is 7.19. The first-order valence-corrected chi connectivity index (χ1v) is 7.56. The molecule has 1 aliphatic rings. The highest BCUT2D eigenvalue weighted by atomic mass is 35.5. The van der Waals surface area contributed by atoms with Crippen molar-refractivity contribution >= 4 is 23.2 Å². The average molecular weight is 319 g/mol. The number of hydrogen-bond acceptors (Lipinski definition) is 2. The quantitative estimate of drug-likeness (QED) is 0.939. The Bertz CT molecular complexity index is 657. The van der Waals surface area contributed by atoms with Gasteiger partial charge in [0, 0.05) is 35.4 Å². The molecule has 1 heterocycles. The van der Waals surface area contributed by atoms with Crippen LogP contribution < -0.4 is 10.2 Å². The van der Waals surface area contributed by atoms with Gasteiger partial charge in [-0.3, -0.25) is 4.79 Å². The predicted molar refractivity (Wildman–Crippen MR) is 85.9 cm³/mol. The van der Waals surface area contributed by atoms with Crippen molar-refractivity contribution in [3.05, 3.63) is 64.9 Å². The van der Waals surface area contributed by atoms with Gasteiger partial charge in [-0.1, -0.05) is 11.6 Å². The molecule has 3 rings (SSSR count). The maximum atomic E-state index is 13.0. The molecule has 1 saturated heterocycles. The zero-order chi connectivity index (χ0) is 15.5. The van der Waals surface area contributed by atoms with Crippen LogP contribution in [0.5, 0.6) is 0 Å². The van der Waals surface area contributed by atoms with Gasteiger partial charge in [0.15, 0.2) is 0 Å². The van der Waals surface area contributed by atoms with Crippen LogP contribution in [0, 0.1) is 5.82 Å². The Morgan fingerprint density at radius 2 is 1.82 bits per heavy atom. The predicted octanol–water partition coefficient (Wildman–Crippen LogP) is 3.49. The zero-order valence-corrected chi connectivity index (χ0v) is 12.7. The van der Waals surface area contributed by atoms with Crippen LogP contribution in [0.4, 0.5) is 10.1 Å². The van der Waals surface area contributed by atoms with E-state index in [2.05, 4.69) is 10.2 Å². The fraction of sp³-hybridized carbons (Fsp3) is 0.235. The van der Waals surface area contributed by atoms with Crippen molar-refractivity contribution in [2.75, 3.05) is 18.0 Å². The second-order valence-corrected chi connectivity index (χ2v) is 5.82. The number of anilines is 1. The van der Waals surface area contributed by atoms with Crippen LogP contribution in [0.1, 0.15) is 16.8 Å². The minimum absolute atomic E-state index is 0.0910. The summed E-state index contributed by atoms with van der Waals surface area (Å²) in [6.07, 6.45) is 0.872. The molecule has 1 atom stereocenters. The van der Waals surface area contributed by atoms with Gasteiger partial charge in [-0.05, 0) is 55.0 Å². The van der Waals surface area contributed by atoms with Gasteiger partial charge in [-0.2, -0.15) is 0 Å². The fourth-order valence-electron chi connectivity index (χ4n) is 2.63. The molecule has 0 radical (unpaired) electrons. The van der Waals surface area contributed by atoms with E-state index in [9.17, 15) is 9.18 Å². The Morgan fingerprint density at radius 1 is 1.14 bits per heavy atom. The summed E-state index contributed by atoms with van der Waals surface area (Å²) in [5, 5.41) is 3.64. The van der Waals surface area contributed by atoms with Crippen LogP contribution in [0.15, 0.2) is 48.5 Å². The summed E-state index contributed by atoms with van der Waals surface area (Å²) in [7, 11) is 0. The summed E-state index contributed by atoms with van der Waals surface area (Å²) in [5.74, 6) is -0.335. The molecule has 1 fully saturated rings. The van der Waals surface area contributed by atoms with Crippen molar-refractivity contribution in [2.45, 2.75) is 12.5 Å². The number of benzene rings is 2. The van der Waals surface area contributed by atoms with Gasteiger partial charge in [-0.15, -0.1) is 0 Å². The molecule has 2 aromatic rings. The Labute approximate surface area is 133 Å². The Kier molecular flexibility index (Phi) is 4.29. The summed E-state index contributed by atoms with van der Waals surface area (Å²) in [5.41, 5.74) is 1.58. The lowest BCUT2D eigenvalue weighted by Crippen LogP contribution is -2.37. The maximum absolute atomic E-state index is 13.0. The van der Waals surface area contributed by atoms with Crippen molar-refractivity contribution in [1.82, 2.24) is 5.32 Å². The van der Waals surface area contributed by atoms with Gasteiger partial charge < -0.3 is 10.2 Å². The molecule has 1 aliphatic heterocycles. The molecule has 3 nitrogen and oxygen atoms in total. The molecular weight excluding hydrogens is 303 g/mol. The molecule has 5 heteroatoms. The molecule has 2 aromatic carbocycles. The average Bonchev–Trinajstić information content (AvgIpc) is 2.97. The highest BCUT2D eigenvalue weighted by Crippen LogP contribution is 2.21. The lowest BCUT2D eigenvalue weighted by molar-refractivity contribution is 0.0940. The first kappa shape index (κ1) is 14.9. The van der Waals surface area contributed by atoms with Gasteiger partial charge in [0.1, 0.15) is 5.82 Å². The molecular formula is C17H16ClFN2O. The van der Waals surface area contributed by atoms with Crippen LogP contribution in [-0.2, 0) is 0 Å². The third kappa shape index (κ3) is 3.39. The highest BCUT2D eigenvalue weighted by Gasteiger charge is 2.24. The summed E-state index contributed by atoms with van der Waals surface area (Å²) in [4.78, 5) is 14.3. The van der Waals surface area contributed by atoms with Gasteiger partial charge in [0.05, 0.1) is 0 Å². The van der Waals surface area contributed by atoms with Crippen LogP contribution in [0.2, 0.25) is 5.02 Å². The molecule has 114 valence electrons. The lowest BCUT2D eigenvalue weighted by atomic mass is 10.2. The Balaban J connectivity index is 1.59. The van der Waals surface area contributed by atoms with Crippen molar-refractivity contribution in [1.29, 1.82) is 0 Å². The topological polar surface area (TPSA) is 32.3 Å². The van der Waals surface area contributed by atoms with Gasteiger partial charge in [0.2, 0.25) is 0 Å². The standard InChI is InChI=1S/C17H16ClFN2O/c18-13-3-1-12(2-4-13)17(22)20-15-9-10-21(11-15)16-7-5-14(19)6-8-16/h1-8,15H,9-11H2,(H,20,22). The number of nitrogens with zero attached hydrogens (tertiary/aromatic N) is 1. The largest absolute Gasteiger partial charge is 0.369 e. The molecule has 1 amide bonds.